The highest BCUT2D eigenvalue weighted by Crippen LogP contribution is 2.32. The predicted molar refractivity (Wildman–Crippen MR) is 142 cm³/mol. The standard InChI is InChI=1S/C25H26ClN3O6S2/c1-35-24-14-11-20(17-23(24)26)29(37(33,34)21-7-3-2-4-8-21)18-25(30)27-19-9-12-22(13-10-19)36(31,32)28-15-5-6-16-28/h2-4,7-14,17H,5-6,15-16,18H2,1H3,(H,27,30). The lowest BCUT2D eigenvalue weighted by atomic mass is 10.3. The van der Waals surface area contributed by atoms with Gasteiger partial charge in [0, 0.05) is 18.8 Å². The lowest BCUT2D eigenvalue weighted by Crippen LogP contribution is -2.38. The van der Waals surface area contributed by atoms with E-state index in [1.54, 1.807) is 18.2 Å². The van der Waals surface area contributed by atoms with Crippen molar-refractivity contribution in [3.8, 4) is 5.75 Å². The van der Waals surface area contributed by atoms with Gasteiger partial charge in [0.25, 0.3) is 10.0 Å². The molecule has 0 radical (unpaired) electrons. The molecule has 0 unspecified atom stereocenters. The Kier molecular flexibility index (Phi) is 8.08. The number of methoxy groups -OCH3 is 1. The molecule has 9 nitrogen and oxygen atoms in total. The highest BCUT2D eigenvalue weighted by molar-refractivity contribution is 7.92. The number of ether oxygens (including phenoxy) is 1. The van der Waals surface area contributed by atoms with Crippen LogP contribution in [0.3, 0.4) is 0 Å². The number of carbonyl (C=O) groups excluding carboxylic acids is 1. The zero-order valence-corrected chi connectivity index (χ0v) is 22.4. The first kappa shape index (κ1) is 26.9. The van der Waals surface area contributed by atoms with Gasteiger partial charge in [0.05, 0.1) is 27.6 Å². The number of amides is 1. The molecule has 1 fully saturated rings. The molecular formula is C25H26ClN3O6S2. The minimum atomic E-state index is -4.13. The molecule has 0 saturated carbocycles. The van der Waals surface area contributed by atoms with Gasteiger partial charge in [0.15, 0.2) is 0 Å². The molecule has 0 spiro atoms. The van der Waals surface area contributed by atoms with Crippen LogP contribution in [0.2, 0.25) is 5.02 Å². The lowest BCUT2D eigenvalue weighted by Gasteiger charge is -2.24. The Morgan fingerprint density at radius 2 is 1.59 bits per heavy atom. The maximum atomic E-state index is 13.5. The Bertz CT molecular complexity index is 1470. The molecule has 37 heavy (non-hydrogen) atoms. The number of hydrogen-bond acceptors (Lipinski definition) is 6. The minimum Gasteiger partial charge on any atom is -0.495 e. The van der Waals surface area contributed by atoms with Crippen molar-refractivity contribution in [2.45, 2.75) is 22.6 Å². The van der Waals surface area contributed by atoms with Crippen LogP contribution in [0.15, 0.2) is 82.6 Å². The number of nitrogens with one attached hydrogen (secondary N) is 1. The van der Waals surface area contributed by atoms with E-state index in [0.29, 0.717) is 24.5 Å². The molecule has 0 aliphatic carbocycles. The average Bonchev–Trinajstić information content (AvgIpc) is 3.44. The molecule has 3 aromatic rings. The highest BCUT2D eigenvalue weighted by atomic mass is 35.5. The monoisotopic (exact) mass is 563 g/mol. The molecule has 0 atom stereocenters. The summed E-state index contributed by atoms with van der Waals surface area (Å²) in [5.74, 6) is -0.266. The second-order valence-corrected chi connectivity index (χ2v) is 12.5. The van der Waals surface area contributed by atoms with Gasteiger partial charge in [-0.2, -0.15) is 4.31 Å². The Morgan fingerprint density at radius 3 is 2.19 bits per heavy atom. The van der Waals surface area contributed by atoms with Gasteiger partial charge < -0.3 is 10.1 Å². The van der Waals surface area contributed by atoms with Crippen LogP contribution >= 0.6 is 11.6 Å². The summed E-state index contributed by atoms with van der Waals surface area (Å²) in [4.78, 5) is 13.1. The van der Waals surface area contributed by atoms with Gasteiger partial charge in [0.1, 0.15) is 12.3 Å². The van der Waals surface area contributed by atoms with E-state index in [1.165, 1.54) is 66.0 Å². The predicted octanol–water partition coefficient (Wildman–Crippen LogP) is 3.97. The number of halogens is 1. The van der Waals surface area contributed by atoms with Crippen LogP contribution < -0.4 is 14.4 Å². The SMILES string of the molecule is COc1ccc(N(CC(=O)Nc2ccc(S(=O)(=O)N3CCCC3)cc2)S(=O)(=O)c2ccccc2)cc1Cl. The quantitative estimate of drug-likeness (QED) is 0.421. The van der Waals surface area contributed by atoms with Gasteiger partial charge >= 0.3 is 0 Å². The van der Waals surface area contributed by atoms with Crippen molar-refractivity contribution < 1.29 is 26.4 Å². The molecule has 0 bridgehead atoms. The topological polar surface area (TPSA) is 113 Å². The van der Waals surface area contributed by atoms with E-state index in [0.717, 1.165) is 17.1 Å². The third-order valence-corrected chi connectivity index (χ3v) is 9.88. The van der Waals surface area contributed by atoms with Crippen LogP contribution in [0.1, 0.15) is 12.8 Å². The van der Waals surface area contributed by atoms with E-state index in [4.69, 9.17) is 16.3 Å². The number of hydrogen-bond donors (Lipinski definition) is 1. The zero-order valence-electron chi connectivity index (χ0n) is 20.0. The summed E-state index contributed by atoms with van der Waals surface area (Å²) in [5.41, 5.74) is 0.507. The van der Waals surface area contributed by atoms with Crippen molar-refractivity contribution in [1.29, 1.82) is 0 Å². The number of sulfonamides is 2. The molecule has 196 valence electrons. The van der Waals surface area contributed by atoms with Crippen molar-refractivity contribution in [3.63, 3.8) is 0 Å². The maximum absolute atomic E-state index is 13.5. The normalized spacial score (nSPS) is 14.3. The average molecular weight is 564 g/mol. The van der Waals surface area contributed by atoms with Crippen LogP contribution in [-0.2, 0) is 24.8 Å². The Morgan fingerprint density at radius 1 is 0.946 bits per heavy atom. The van der Waals surface area contributed by atoms with E-state index in [9.17, 15) is 21.6 Å². The molecule has 4 rings (SSSR count). The van der Waals surface area contributed by atoms with Crippen molar-refractivity contribution in [1.82, 2.24) is 4.31 Å². The second kappa shape index (κ2) is 11.1. The van der Waals surface area contributed by atoms with E-state index >= 15 is 0 Å². The second-order valence-electron chi connectivity index (χ2n) is 8.33. The molecule has 1 saturated heterocycles. The molecule has 0 aromatic heterocycles. The van der Waals surface area contributed by atoms with Crippen LogP contribution in [0.5, 0.6) is 5.75 Å². The summed E-state index contributed by atoms with van der Waals surface area (Å²) < 4.78 is 59.9. The van der Waals surface area contributed by atoms with E-state index < -0.39 is 32.5 Å². The Balaban J connectivity index is 1.57. The van der Waals surface area contributed by atoms with Gasteiger partial charge in [-0.05, 0) is 67.4 Å². The fourth-order valence-electron chi connectivity index (χ4n) is 3.96. The number of rotatable bonds is 9. The molecule has 3 aromatic carbocycles. The van der Waals surface area contributed by atoms with Crippen LogP contribution in [0.25, 0.3) is 0 Å². The fraction of sp³-hybridized carbons (Fsp3) is 0.240. The molecule has 1 aliphatic rings. The van der Waals surface area contributed by atoms with E-state index in [1.807, 2.05) is 0 Å². The first-order valence-electron chi connectivity index (χ1n) is 11.4. The van der Waals surface area contributed by atoms with Crippen molar-refractivity contribution >= 4 is 48.9 Å². The third-order valence-electron chi connectivity index (χ3n) is 5.88. The number of nitrogens with zero attached hydrogens (tertiary/aromatic N) is 2. The molecule has 12 heteroatoms. The molecule has 1 N–H and O–H groups in total. The molecular weight excluding hydrogens is 538 g/mol. The van der Waals surface area contributed by atoms with E-state index in [-0.39, 0.29) is 20.5 Å². The Labute approximate surface area is 221 Å². The summed E-state index contributed by atoms with van der Waals surface area (Å²) in [6.07, 6.45) is 1.66. The van der Waals surface area contributed by atoms with Gasteiger partial charge in [-0.3, -0.25) is 9.10 Å². The largest absolute Gasteiger partial charge is 0.495 e. The van der Waals surface area contributed by atoms with Crippen molar-refractivity contribution in [2.75, 3.05) is 36.4 Å². The van der Waals surface area contributed by atoms with Gasteiger partial charge in [-0.25, -0.2) is 16.8 Å². The summed E-state index contributed by atoms with van der Waals surface area (Å²) in [5, 5.41) is 2.82. The van der Waals surface area contributed by atoms with Crippen LogP contribution in [0, 0.1) is 0 Å². The molecule has 1 heterocycles. The summed E-state index contributed by atoms with van der Waals surface area (Å²) >= 11 is 6.24. The van der Waals surface area contributed by atoms with Crippen LogP contribution in [0.4, 0.5) is 11.4 Å². The first-order chi connectivity index (χ1) is 17.6. The molecule has 1 aliphatic heterocycles. The summed E-state index contributed by atoms with van der Waals surface area (Å²) in [6, 6.07) is 17.9. The summed E-state index contributed by atoms with van der Waals surface area (Å²) in [7, 11) is -6.27. The number of anilines is 2. The van der Waals surface area contributed by atoms with Gasteiger partial charge in [-0.1, -0.05) is 29.8 Å². The van der Waals surface area contributed by atoms with Crippen LogP contribution in [-0.4, -0.2) is 53.8 Å². The third kappa shape index (κ3) is 5.90. The van der Waals surface area contributed by atoms with E-state index in [2.05, 4.69) is 5.32 Å². The van der Waals surface area contributed by atoms with Crippen molar-refractivity contribution in [3.05, 3.63) is 77.8 Å². The van der Waals surface area contributed by atoms with Gasteiger partial charge in [0.2, 0.25) is 15.9 Å². The minimum absolute atomic E-state index is 0.00575. The zero-order chi connectivity index (χ0) is 26.6. The lowest BCUT2D eigenvalue weighted by molar-refractivity contribution is -0.114. The maximum Gasteiger partial charge on any atom is 0.264 e. The van der Waals surface area contributed by atoms with Crippen molar-refractivity contribution in [2.24, 2.45) is 0 Å². The highest BCUT2D eigenvalue weighted by Gasteiger charge is 2.29. The first-order valence-corrected chi connectivity index (χ1v) is 14.7. The number of benzene rings is 3. The smallest absolute Gasteiger partial charge is 0.264 e. The molecule has 1 amide bonds. The van der Waals surface area contributed by atoms with Gasteiger partial charge in [-0.15, -0.1) is 0 Å². The fourth-order valence-corrected chi connectivity index (χ4v) is 7.17. The Hall–Kier alpha value is -3.12. The summed E-state index contributed by atoms with van der Waals surface area (Å²) in [6.45, 7) is 0.428. The number of carbonyl (C=O) groups is 1.